The molecule has 4 nitrogen and oxygen atoms in total. The van der Waals surface area contributed by atoms with Crippen molar-refractivity contribution < 1.29 is 4.79 Å². The molecule has 5 heteroatoms. The Morgan fingerprint density at radius 1 is 0.870 bits per heavy atom. The average Bonchev–Trinajstić information content (AvgIpc) is 2.58. The van der Waals surface area contributed by atoms with Crippen LogP contribution in [0.1, 0.15) is 10.4 Å². The number of nitrogens with zero attached hydrogens (tertiary/aromatic N) is 1. The standard InChI is InChI=1S/C18H14ClN3O/c19-14-6-8-16(9-7-14)21-17-10-13(11-20-12-17)18(23)22-15-4-2-1-3-5-15/h1-12,21H,(H,22,23). The van der Waals surface area contributed by atoms with Gasteiger partial charge in [0.1, 0.15) is 0 Å². The van der Waals surface area contributed by atoms with Crippen LogP contribution in [0.4, 0.5) is 17.1 Å². The molecule has 1 amide bonds. The summed E-state index contributed by atoms with van der Waals surface area (Å²) in [5.41, 5.74) is 2.83. The Labute approximate surface area is 139 Å². The van der Waals surface area contributed by atoms with Crippen molar-refractivity contribution in [1.82, 2.24) is 4.98 Å². The van der Waals surface area contributed by atoms with Gasteiger partial charge in [-0.2, -0.15) is 0 Å². The summed E-state index contributed by atoms with van der Waals surface area (Å²) in [6.07, 6.45) is 3.19. The Morgan fingerprint density at radius 2 is 1.61 bits per heavy atom. The van der Waals surface area contributed by atoms with E-state index < -0.39 is 0 Å². The fraction of sp³-hybridized carbons (Fsp3) is 0. The lowest BCUT2D eigenvalue weighted by molar-refractivity contribution is 0.102. The predicted molar refractivity (Wildman–Crippen MR) is 93.4 cm³/mol. The lowest BCUT2D eigenvalue weighted by atomic mass is 10.2. The Morgan fingerprint density at radius 3 is 2.35 bits per heavy atom. The van der Waals surface area contributed by atoms with Gasteiger partial charge >= 0.3 is 0 Å². The van der Waals surface area contributed by atoms with Gasteiger partial charge in [-0.1, -0.05) is 29.8 Å². The van der Waals surface area contributed by atoms with Gasteiger partial charge in [0, 0.05) is 22.6 Å². The molecule has 0 aliphatic rings. The molecule has 3 rings (SSSR count). The first-order valence-electron chi connectivity index (χ1n) is 7.05. The van der Waals surface area contributed by atoms with Crippen molar-refractivity contribution >= 4 is 34.6 Å². The van der Waals surface area contributed by atoms with E-state index in [2.05, 4.69) is 15.6 Å². The molecule has 1 aromatic heterocycles. The molecule has 1 heterocycles. The quantitative estimate of drug-likeness (QED) is 0.729. The Hall–Kier alpha value is -2.85. The SMILES string of the molecule is O=C(Nc1ccccc1)c1cncc(Nc2ccc(Cl)cc2)c1. The molecule has 0 radical (unpaired) electrons. The number of rotatable bonds is 4. The van der Waals surface area contributed by atoms with E-state index in [1.54, 1.807) is 24.4 Å². The van der Waals surface area contributed by atoms with Crippen molar-refractivity contribution in [2.75, 3.05) is 10.6 Å². The van der Waals surface area contributed by atoms with Crippen LogP contribution in [-0.4, -0.2) is 10.9 Å². The first kappa shape index (κ1) is 15.1. The van der Waals surface area contributed by atoms with Crippen molar-refractivity contribution in [3.63, 3.8) is 0 Å². The molecular weight excluding hydrogens is 310 g/mol. The van der Waals surface area contributed by atoms with Crippen molar-refractivity contribution in [3.8, 4) is 0 Å². The molecule has 114 valence electrons. The number of carbonyl (C=O) groups is 1. The van der Waals surface area contributed by atoms with Crippen molar-refractivity contribution in [2.45, 2.75) is 0 Å². The normalized spacial score (nSPS) is 10.1. The van der Waals surface area contributed by atoms with E-state index in [1.807, 2.05) is 42.5 Å². The zero-order chi connectivity index (χ0) is 16.1. The van der Waals surface area contributed by atoms with Crippen LogP contribution in [0.25, 0.3) is 0 Å². The van der Waals surface area contributed by atoms with Gasteiger partial charge in [-0.25, -0.2) is 0 Å². The number of benzene rings is 2. The highest BCUT2D eigenvalue weighted by molar-refractivity contribution is 6.30. The maximum Gasteiger partial charge on any atom is 0.257 e. The topological polar surface area (TPSA) is 54.0 Å². The second-order valence-corrected chi connectivity index (χ2v) is 5.35. The lowest BCUT2D eigenvalue weighted by Gasteiger charge is -2.09. The highest BCUT2D eigenvalue weighted by Crippen LogP contribution is 2.19. The highest BCUT2D eigenvalue weighted by atomic mass is 35.5. The van der Waals surface area contributed by atoms with Crippen LogP contribution in [0.5, 0.6) is 0 Å². The van der Waals surface area contributed by atoms with Crippen LogP contribution in [-0.2, 0) is 0 Å². The van der Waals surface area contributed by atoms with E-state index in [1.165, 1.54) is 6.20 Å². The van der Waals surface area contributed by atoms with Crippen molar-refractivity contribution in [2.24, 2.45) is 0 Å². The Balaban J connectivity index is 1.74. The molecule has 0 saturated carbocycles. The minimum absolute atomic E-state index is 0.205. The number of nitrogens with one attached hydrogen (secondary N) is 2. The van der Waals surface area contributed by atoms with E-state index in [0.717, 1.165) is 17.1 Å². The number of hydrogen-bond acceptors (Lipinski definition) is 3. The van der Waals surface area contributed by atoms with Gasteiger partial charge in [-0.05, 0) is 42.5 Å². The van der Waals surface area contributed by atoms with Gasteiger partial charge < -0.3 is 10.6 Å². The van der Waals surface area contributed by atoms with E-state index in [-0.39, 0.29) is 5.91 Å². The van der Waals surface area contributed by atoms with Crippen LogP contribution in [0.2, 0.25) is 5.02 Å². The number of carbonyl (C=O) groups excluding carboxylic acids is 1. The maximum absolute atomic E-state index is 12.3. The van der Waals surface area contributed by atoms with Gasteiger partial charge in [-0.3, -0.25) is 9.78 Å². The molecule has 0 saturated heterocycles. The zero-order valence-electron chi connectivity index (χ0n) is 12.2. The third-order valence-electron chi connectivity index (χ3n) is 3.16. The molecule has 2 N–H and O–H groups in total. The van der Waals surface area contributed by atoms with Crippen LogP contribution in [0.15, 0.2) is 73.1 Å². The molecule has 3 aromatic rings. The molecule has 0 fully saturated rings. The van der Waals surface area contributed by atoms with Gasteiger partial charge in [0.15, 0.2) is 0 Å². The Kier molecular flexibility index (Phi) is 4.54. The zero-order valence-corrected chi connectivity index (χ0v) is 12.9. The van der Waals surface area contributed by atoms with Crippen LogP contribution >= 0.6 is 11.6 Å². The van der Waals surface area contributed by atoms with Gasteiger partial charge in [-0.15, -0.1) is 0 Å². The molecule has 0 unspecified atom stereocenters. The number of halogens is 1. The number of para-hydroxylation sites is 1. The molecule has 0 bridgehead atoms. The average molecular weight is 324 g/mol. The molecule has 0 aliphatic carbocycles. The number of anilines is 3. The summed E-state index contributed by atoms with van der Waals surface area (Å²) in [6.45, 7) is 0. The smallest absolute Gasteiger partial charge is 0.257 e. The summed E-state index contributed by atoms with van der Waals surface area (Å²) in [5, 5.41) is 6.69. The third kappa shape index (κ3) is 4.08. The van der Waals surface area contributed by atoms with E-state index in [4.69, 9.17) is 11.6 Å². The molecule has 23 heavy (non-hydrogen) atoms. The van der Waals surface area contributed by atoms with Crippen molar-refractivity contribution in [3.05, 3.63) is 83.6 Å². The summed E-state index contributed by atoms with van der Waals surface area (Å²) >= 11 is 5.87. The summed E-state index contributed by atoms with van der Waals surface area (Å²) in [5.74, 6) is -0.205. The fourth-order valence-electron chi connectivity index (χ4n) is 2.06. The second-order valence-electron chi connectivity index (χ2n) is 4.91. The molecule has 0 aliphatic heterocycles. The second kappa shape index (κ2) is 6.94. The predicted octanol–water partition coefficient (Wildman–Crippen LogP) is 4.73. The van der Waals surface area contributed by atoms with E-state index in [0.29, 0.717) is 10.6 Å². The third-order valence-corrected chi connectivity index (χ3v) is 3.42. The van der Waals surface area contributed by atoms with E-state index in [9.17, 15) is 4.79 Å². The molecular formula is C18H14ClN3O. The minimum Gasteiger partial charge on any atom is -0.354 e. The summed E-state index contributed by atoms with van der Waals surface area (Å²) < 4.78 is 0. The lowest BCUT2D eigenvalue weighted by Crippen LogP contribution is -2.12. The summed E-state index contributed by atoms with van der Waals surface area (Å²) in [7, 11) is 0. The van der Waals surface area contributed by atoms with Gasteiger partial charge in [0.2, 0.25) is 0 Å². The monoisotopic (exact) mass is 323 g/mol. The van der Waals surface area contributed by atoms with Crippen LogP contribution < -0.4 is 10.6 Å². The first-order valence-corrected chi connectivity index (χ1v) is 7.42. The number of aromatic nitrogens is 1. The number of hydrogen-bond donors (Lipinski definition) is 2. The highest BCUT2D eigenvalue weighted by Gasteiger charge is 2.07. The molecule has 2 aromatic carbocycles. The molecule has 0 atom stereocenters. The fourth-order valence-corrected chi connectivity index (χ4v) is 2.18. The number of pyridine rings is 1. The first-order chi connectivity index (χ1) is 11.2. The number of amides is 1. The minimum atomic E-state index is -0.205. The van der Waals surface area contributed by atoms with E-state index >= 15 is 0 Å². The molecule has 0 spiro atoms. The summed E-state index contributed by atoms with van der Waals surface area (Å²) in [4.78, 5) is 16.4. The van der Waals surface area contributed by atoms with Gasteiger partial charge in [0.05, 0.1) is 17.4 Å². The van der Waals surface area contributed by atoms with Gasteiger partial charge in [0.25, 0.3) is 5.91 Å². The Bertz CT molecular complexity index is 804. The van der Waals surface area contributed by atoms with Crippen LogP contribution in [0.3, 0.4) is 0 Å². The maximum atomic E-state index is 12.3. The largest absolute Gasteiger partial charge is 0.354 e. The summed E-state index contributed by atoms with van der Waals surface area (Å²) in [6, 6.07) is 18.4. The van der Waals surface area contributed by atoms with Crippen molar-refractivity contribution in [1.29, 1.82) is 0 Å². The van der Waals surface area contributed by atoms with Crippen LogP contribution in [0, 0.1) is 0 Å².